The van der Waals surface area contributed by atoms with Crippen LogP contribution in [-0.4, -0.2) is 36.5 Å². The molecule has 3 rings (SSSR count). The van der Waals surface area contributed by atoms with Gasteiger partial charge in [0.1, 0.15) is 0 Å². The van der Waals surface area contributed by atoms with Gasteiger partial charge in [0, 0.05) is 12.1 Å². The molecular weight excluding hydrogens is 286 g/mol. The van der Waals surface area contributed by atoms with Crippen molar-refractivity contribution in [2.24, 2.45) is 0 Å². The fraction of sp³-hybridized carbons (Fsp3) is 0.250. The summed E-state index contributed by atoms with van der Waals surface area (Å²) < 4.78 is 12.2. The van der Waals surface area contributed by atoms with Crippen LogP contribution in [0.4, 0.5) is 0 Å². The molecular formula is C16H15NO5. The molecule has 0 radical (unpaired) electrons. The topological polar surface area (TPSA) is 77.8 Å². The number of rotatable bonds is 4. The van der Waals surface area contributed by atoms with E-state index in [0.717, 1.165) is 11.1 Å². The van der Waals surface area contributed by atoms with E-state index >= 15 is 0 Å². The van der Waals surface area contributed by atoms with Gasteiger partial charge in [-0.3, -0.25) is 9.59 Å². The van der Waals surface area contributed by atoms with Crippen LogP contribution in [0.3, 0.4) is 0 Å². The highest BCUT2D eigenvalue weighted by Gasteiger charge is 2.28. The van der Waals surface area contributed by atoms with Crippen LogP contribution in [0.15, 0.2) is 12.1 Å². The lowest BCUT2D eigenvalue weighted by Crippen LogP contribution is -2.11. The SMILES string of the molecule is COc1cc2c(cc1OC)-c1c(C=O)c(C=O)c(O)n1CC2. The van der Waals surface area contributed by atoms with Crippen LogP contribution in [0.25, 0.3) is 11.3 Å². The molecule has 22 heavy (non-hydrogen) atoms. The lowest BCUT2D eigenvalue weighted by Gasteiger charge is -2.22. The first-order chi connectivity index (χ1) is 10.7. The second-order valence-corrected chi connectivity index (χ2v) is 5.00. The van der Waals surface area contributed by atoms with Crippen LogP contribution >= 0.6 is 0 Å². The van der Waals surface area contributed by atoms with Gasteiger partial charge in [-0.15, -0.1) is 0 Å². The number of hydrogen-bond acceptors (Lipinski definition) is 5. The largest absolute Gasteiger partial charge is 0.494 e. The molecule has 114 valence electrons. The van der Waals surface area contributed by atoms with E-state index in [1.54, 1.807) is 17.7 Å². The normalized spacial score (nSPS) is 12.3. The number of benzene rings is 1. The number of nitrogens with zero attached hydrogens (tertiary/aromatic N) is 1. The highest BCUT2D eigenvalue weighted by atomic mass is 16.5. The van der Waals surface area contributed by atoms with Gasteiger partial charge in [0.15, 0.2) is 24.1 Å². The second kappa shape index (κ2) is 5.22. The lowest BCUT2D eigenvalue weighted by atomic mass is 9.95. The number of aldehydes is 2. The summed E-state index contributed by atoms with van der Waals surface area (Å²) >= 11 is 0. The maximum Gasteiger partial charge on any atom is 0.203 e. The van der Waals surface area contributed by atoms with Crippen LogP contribution in [-0.2, 0) is 13.0 Å². The minimum Gasteiger partial charge on any atom is -0.494 e. The van der Waals surface area contributed by atoms with Gasteiger partial charge in [-0.2, -0.15) is 0 Å². The first kappa shape index (κ1) is 14.2. The van der Waals surface area contributed by atoms with Crippen LogP contribution in [0.2, 0.25) is 0 Å². The van der Waals surface area contributed by atoms with E-state index in [4.69, 9.17) is 9.47 Å². The van der Waals surface area contributed by atoms with Crippen molar-refractivity contribution in [2.45, 2.75) is 13.0 Å². The van der Waals surface area contributed by atoms with Crippen molar-refractivity contribution in [3.63, 3.8) is 0 Å². The summed E-state index contributed by atoms with van der Waals surface area (Å²) in [5.41, 5.74) is 2.49. The Kier molecular flexibility index (Phi) is 3.36. The molecule has 0 spiro atoms. The number of aromatic nitrogens is 1. The van der Waals surface area contributed by atoms with Crippen molar-refractivity contribution in [1.82, 2.24) is 4.57 Å². The zero-order chi connectivity index (χ0) is 15.9. The molecule has 1 aromatic carbocycles. The third kappa shape index (κ3) is 1.80. The van der Waals surface area contributed by atoms with Crippen molar-refractivity contribution in [2.75, 3.05) is 14.2 Å². The summed E-state index contributed by atoms with van der Waals surface area (Å²) in [6.45, 7) is 0.484. The average Bonchev–Trinajstić information content (AvgIpc) is 2.84. The first-order valence-electron chi connectivity index (χ1n) is 6.77. The Hall–Kier alpha value is -2.76. The fourth-order valence-corrected chi connectivity index (χ4v) is 2.97. The van der Waals surface area contributed by atoms with Crippen molar-refractivity contribution < 1.29 is 24.2 Å². The molecule has 0 amide bonds. The molecule has 0 atom stereocenters. The number of carbonyl (C=O) groups excluding carboxylic acids is 2. The summed E-state index contributed by atoms with van der Waals surface area (Å²) in [6.07, 6.45) is 1.76. The Balaban J connectivity index is 2.33. The summed E-state index contributed by atoms with van der Waals surface area (Å²) in [5.74, 6) is 0.959. The van der Waals surface area contributed by atoms with Gasteiger partial charge in [-0.25, -0.2) is 0 Å². The first-order valence-corrected chi connectivity index (χ1v) is 6.77. The molecule has 1 aliphatic heterocycles. The number of aromatic hydroxyl groups is 1. The fourth-order valence-electron chi connectivity index (χ4n) is 2.97. The maximum atomic E-state index is 11.4. The third-order valence-electron chi connectivity index (χ3n) is 4.02. The van der Waals surface area contributed by atoms with Gasteiger partial charge in [-0.1, -0.05) is 0 Å². The minimum absolute atomic E-state index is 0.0210. The Morgan fingerprint density at radius 1 is 1.09 bits per heavy atom. The molecule has 0 unspecified atom stereocenters. The summed E-state index contributed by atoms with van der Waals surface area (Å²) in [5, 5.41) is 10.2. The predicted molar refractivity (Wildman–Crippen MR) is 79.1 cm³/mol. The third-order valence-corrected chi connectivity index (χ3v) is 4.02. The monoisotopic (exact) mass is 301 g/mol. The summed E-state index contributed by atoms with van der Waals surface area (Å²) in [6, 6.07) is 3.62. The Labute approximate surface area is 126 Å². The highest BCUT2D eigenvalue weighted by molar-refractivity contribution is 6.00. The van der Waals surface area contributed by atoms with E-state index in [0.29, 0.717) is 42.7 Å². The number of hydrogen-bond donors (Lipinski definition) is 1. The zero-order valence-corrected chi connectivity index (χ0v) is 12.3. The number of carbonyl (C=O) groups is 2. The molecule has 1 aliphatic rings. The minimum atomic E-state index is -0.174. The van der Waals surface area contributed by atoms with Crippen molar-refractivity contribution in [3.05, 3.63) is 28.8 Å². The molecule has 1 N–H and O–H groups in total. The van der Waals surface area contributed by atoms with Crippen molar-refractivity contribution in [3.8, 4) is 28.6 Å². The summed E-state index contributed by atoms with van der Waals surface area (Å²) in [7, 11) is 3.09. The number of methoxy groups -OCH3 is 2. The molecule has 0 saturated carbocycles. The van der Waals surface area contributed by atoms with E-state index in [1.165, 1.54) is 7.11 Å². The molecule has 0 saturated heterocycles. The van der Waals surface area contributed by atoms with Crippen LogP contribution in [0, 0.1) is 0 Å². The number of ether oxygens (including phenoxy) is 2. The summed E-state index contributed by atoms with van der Waals surface area (Å²) in [4.78, 5) is 22.6. The van der Waals surface area contributed by atoms with Gasteiger partial charge in [0.25, 0.3) is 0 Å². The van der Waals surface area contributed by atoms with Gasteiger partial charge < -0.3 is 19.1 Å². The smallest absolute Gasteiger partial charge is 0.203 e. The molecule has 2 aromatic rings. The molecule has 1 aromatic heterocycles. The molecule has 2 heterocycles. The van der Waals surface area contributed by atoms with Crippen molar-refractivity contribution in [1.29, 1.82) is 0 Å². The molecule has 6 heteroatoms. The van der Waals surface area contributed by atoms with Crippen LogP contribution < -0.4 is 9.47 Å². The lowest BCUT2D eigenvalue weighted by molar-refractivity contribution is 0.109. The average molecular weight is 301 g/mol. The van der Waals surface area contributed by atoms with Gasteiger partial charge in [0.2, 0.25) is 5.88 Å². The molecule has 0 aliphatic carbocycles. The predicted octanol–water partition coefficient (Wildman–Crippen LogP) is 2.06. The quantitative estimate of drug-likeness (QED) is 0.875. The van der Waals surface area contributed by atoms with Crippen LogP contribution in [0.1, 0.15) is 26.3 Å². The molecule has 0 fully saturated rings. The van der Waals surface area contributed by atoms with E-state index in [9.17, 15) is 14.7 Å². The van der Waals surface area contributed by atoms with E-state index in [-0.39, 0.29) is 17.0 Å². The Bertz CT molecular complexity index is 776. The van der Waals surface area contributed by atoms with Gasteiger partial charge in [-0.05, 0) is 24.1 Å². The highest BCUT2D eigenvalue weighted by Crippen LogP contribution is 2.43. The van der Waals surface area contributed by atoms with E-state index in [1.807, 2.05) is 6.07 Å². The van der Waals surface area contributed by atoms with Gasteiger partial charge in [0.05, 0.1) is 31.0 Å². The van der Waals surface area contributed by atoms with E-state index in [2.05, 4.69) is 0 Å². The van der Waals surface area contributed by atoms with Crippen molar-refractivity contribution >= 4 is 12.6 Å². The van der Waals surface area contributed by atoms with Gasteiger partial charge >= 0.3 is 0 Å². The number of aryl methyl sites for hydroxylation is 1. The molecule has 0 bridgehead atoms. The standard InChI is InChI=1S/C16H15NO5/c1-21-13-5-9-3-4-17-15(10(9)6-14(13)22-2)11(7-18)12(8-19)16(17)20/h5-8,20H,3-4H2,1-2H3. The number of fused-ring (bicyclic) bond motifs is 3. The van der Waals surface area contributed by atoms with Crippen LogP contribution in [0.5, 0.6) is 17.4 Å². The Morgan fingerprint density at radius 3 is 2.32 bits per heavy atom. The second-order valence-electron chi connectivity index (χ2n) is 5.00. The Morgan fingerprint density at radius 2 is 1.73 bits per heavy atom. The van der Waals surface area contributed by atoms with E-state index < -0.39 is 0 Å². The zero-order valence-electron chi connectivity index (χ0n) is 12.3. The molecule has 6 nitrogen and oxygen atoms in total. The maximum absolute atomic E-state index is 11.4.